The molecule has 3 saturated heterocycles. The van der Waals surface area contributed by atoms with Gasteiger partial charge in [-0.15, -0.1) is 0 Å². The van der Waals surface area contributed by atoms with E-state index in [1.54, 1.807) is 6.20 Å². The Bertz CT molecular complexity index is 1310. The number of carbonyl (C=O) groups is 2. The standard InChI is InChI=1S/C31H43N9O2/c1-4-26-31(40-14-6-7-25(40)21-33-27(41)5-2)36-30(28(35-26)29(32)42)34-22-8-10-23(11-9-22)38-15-12-24(13-16-38)39-19-17-37(3)18-20-39/h5,8-11,21,24H,2,4,6-7,12-20H2,1,3H3,(H2,32,42)(H,33,41)(H,34,36)/b25-21+. The molecule has 11 nitrogen and oxygen atoms in total. The maximum absolute atomic E-state index is 12.4. The number of likely N-dealkylation sites (N-methyl/N-ethyl adjacent to an activating group) is 1. The Labute approximate surface area is 248 Å². The SMILES string of the molecule is C=CC(=O)N/C=C1\CCCN1c1nc(Nc2ccc(N3CCC(N4CCN(C)CC4)CC3)cc2)c(C(N)=O)nc1CC. The van der Waals surface area contributed by atoms with Crippen LogP contribution in [0.1, 0.15) is 48.8 Å². The Hall–Kier alpha value is -3.96. The Balaban J connectivity index is 1.30. The van der Waals surface area contributed by atoms with E-state index in [9.17, 15) is 9.59 Å². The minimum atomic E-state index is -0.637. The van der Waals surface area contributed by atoms with E-state index in [0.29, 0.717) is 29.8 Å². The van der Waals surface area contributed by atoms with E-state index in [-0.39, 0.29) is 11.6 Å². The van der Waals surface area contributed by atoms with Crippen molar-refractivity contribution in [3.63, 3.8) is 0 Å². The third-order valence-electron chi connectivity index (χ3n) is 8.51. The predicted octanol–water partition coefficient (Wildman–Crippen LogP) is 2.84. The van der Waals surface area contributed by atoms with Crippen LogP contribution in [0.4, 0.5) is 23.0 Å². The molecule has 2 amide bonds. The molecule has 3 aliphatic rings. The molecule has 224 valence electrons. The number of nitrogens with one attached hydrogen (secondary N) is 2. The van der Waals surface area contributed by atoms with Crippen molar-refractivity contribution in [1.29, 1.82) is 0 Å². The quantitative estimate of drug-likeness (QED) is 0.389. The number of anilines is 4. The molecule has 11 heteroatoms. The number of piperidine rings is 1. The molecule has 1 aromatic heterocycles. The van der Waals surface area contributed by atoms with Gasteiger partial charge < -0.3 is 31.1 Å². The van der Waals surface area contributed by atoms with E-state index in [1.165, 1.54) is 37.7 Å². The number of rotatable bonds is 9. The summed E-state index contributed by atoms with van der Waals surface area (Å²) in [5.74, 6) is 0.0604. The summed E-state index contributed by atoms with van der Waals surface area (Å²) in [7, 11) is 2.20. The molecule has 3 fully saturated rings. The van der Waals surface area contributed by atoms with Crippen LogP contribution in [-0.4, -0.2) is 90.5 Å². The lowest BCUT2D eigenvalue weighted by Gasteiger charge is -2.42. The van der Waals surface area contributed by atoms with Gasteiger partial charge in [-0.3, -0.25) is 14.5 Å². The van der Waals surface area contributed by atoms with Gasteiger partial charge in [-0.1, -0.05) is 13.5 Å². The second-order valence-electron chi connectivity index (χ2n) is 11.2. The van der Waals surface area contributed by atoms with Gasteiger partial charge in [0.2, 0.25) is 5.91 Å². The normalized spacial score (nSPS) is 19.7. The van der Waals surface area contributed by atoms with Gasteiger partial charge in [0.1, 0.15) is 0 Å². The van der Waals surface area contributed by atoms with E-state index in [1.807, 2.05) is 24.0 Å². The summed E-state index contributed by atoms with van der Waals surface area (Å²) in [6.45, 7) is 12.9. The summed E-state index contributed by atoms with van der Waals surface area (Å²) in [6.07, 6.45) is 7.56. The van der Waals surface area contributed by atoms with Crippen molar-refractivity contribution in [2.75, 3.05) is 68.0 Å². The number of primary amides is 1. The number of allylic oxidation sites excluding steroid dienone is 1. The third kappa shape index (κ3) is 6.74. The van der Waals surface area contributed by atoms with Gasteiger partial charge in [-0.2, -0.15) is 0 Å². The predicted molar refractivity (Wildman–Crippen MR) is 167 cm³/mol. The lowest BCUT2D eigenvalue weighted by molar-refractivity contribution is -0.115. The Morgan fingerprint density at radius 3 is 2.40 bits per heavy atom. The van der Waals surface area contributed by atoms with Crippen LogP contribution >= 0.6 is 0 Å². The van der Waals surface area contributed by atoms with Gasteiger partial charge in [0, 0.05) is 75.1 Å². The van der Waals surface area contributed by atoms with E-state index >= 15 is 0 Å². The number of aromatic nitrogens is 2. The highest BCUT2D eigenvalue weighted by Gasteiger charge is 2.28. The van der Waals surface area contributed by atoms with E-state index < -0.39 is 5.91 Å². The van der Waals surface area contributed by atoms with E-state index in [2.05, 4.69) is 56.1 Å². The fourth-order valence-corrected chi connectivity index (χ4v) is 6.04. The van der Waals surface area contributed by atoms with Gasteiger partial charge >= 0.3 is 0 Å². The molecular formula is C31H43N9O2. The molecule has 4 heterocycles. The second kappa shape index (κ2) is 13.3. The van der Waals surface area contributed by atoms with Crippen molar-refractivity contribution in [1.82, 2.24) is 25.1 Å². The number of aryl methyl sites for hydroxylation is 1. The maximum atomic E-state index is 12.4. The maximum Gasteiger partial charge on any atom is 0.271 e. The highest BCUT2D eigenvalue weighted by molar-refractivity contribution is 5.96. The summed E-state index contributed by atoms with van der Waals surface area (Å²) in [5, 5.41) is 6.04. The lowest BCUT2D eigenvalue weighted by Crippen LogP contribution is -2.52. The zero-order valence-corrected chi connectivity index (χ0v) is 24.8. The fraction of sp³-hybridized carbons (Fsp3) is 0.484. The molecule has 2 aromatic rings. The largest absolute Gasteiger partial charge is 0.371 e. The first-order chi connectivity index (χ1) is 20.4. The Morgan fingerprint density at radius 1 is 1.05 bits per heavy atom. The molecular weight excluding hydrogens is 530 g/mol. The van der Waals surface area contributed by atoms with Gasteiger partial charge in [0.25, 0.3) is 5.91 Å². The molecule has 0 bridgehead atoms. The van der Waals surface area contributed by atoms with Crippen LogP contribution in [0.5, 0.6) is 0 Å². The van der Waals surface area contributed by atoms with E-state index in [0.717, 1.165) is 56.9 Å². The van der Waals surface area contributed by atoms with Gasteiger partial charge in [-0.25, -0.2) is 9.97 Å². The van der Waals surface area contributed by atoms with Gasteiger partial charge in [0.05, 0.1) is 5.69 Å². The van der Waals surface area contributed by atoms with E-state index in [4.69, 9.17) is 10.7 Å². The smallest absolute Gasteiger partial charge is 0.271 e. The zero-order valence-electron chi connectivity index (χ0n) is 24.8. The zero-order chi connectivity index (χ0) is 29.6. The fourth-order valence-electron chi connectivity index (χ4n) is 6.04. The van der Waals surface area contributed by atoms with Crippen molar-refractivity contribution >= 4 is 34.8 Å². The van der Waals surface area contributed by atoms with Crippen LogP contribution in [0, 0.1) is 0 Å². The molecule has 4 N–H and O–H groups in total. The molecule has 0 atom stereocenters. The Morgan fingerprint density at radius 2 is 1.76 bits per heavy atom. The van der Waals surface area contributed by atoms with Gasteiger partial charge in [-0.05, 0) is 69.5 Å². The number of hydrogen-bond donors (Lipinski definition) is 3. The summed E-state index contributed by atoms with van der Waals surface area (Å²) in [6, 6.07) is 8.91. The third-order valence-corrected chi connectivity index (χ3v) is 8.51. The average molecular weight is 574 g/mol. The number of nitrogens with zero attached hydrogens (tertiary/aromatic N) is 6. The molecule has 0 radical (unpaired) electrons. The van der Waals surface area contributed by atoms with Crippen LogP contribution in [0.25, 0.3) is 0 Å². The summed E-state index contributed by atoms with van der Waals surface area (Å²) >= 11 is 0. The first kappa shape index (κ1) is 29.5. The first-order valence-corrected chi connectivity index (χ1v) is 15.0. The average Bonchev–Trinajstić information content (AvgIpc) is 3.49. The number of amides is 2. The molecule has 3 aliphatic heterocycles. The second-order valence-corrected chi connectivity index (χ2v) is 11.2. The van der Waals surface area contributed by atoms with Crippen LogP contribution in [-0.2, 0) is 11.2 Å². The van der Waals surface area contributed by atoms with Crippen molar-refractivity contribution in [3.05, 3.63) is 60.2 Å². The number of nitrogens with two attached hydrogens (primary N) is 1. The Kier molecular flexibility index (Phi) is 9.38. The molecule has 0 saturated carbocycles. The van der Waals surface area contributed by atoms with Gasteiger partial charge in [0.15, 0.2) is 17.3 Å². The molecule has 0 unspecified atom stereocenters. The highest BCUT2D eigenvalue weighted by atomic mass is 16.1. The van der Waals surface area contributed by atoms with Crippen molar-refractivity contribution in [2.45, 2.75) is 45.1 Å². The van der Waals surface area contributed by atoms with Crippen LogP contribution < -0.4 is 26.2 Å². The number of carbonyl (C=O) groups excluding carboxylic acids is 2. The van der Waals surface area contributed by atoms with Crippen molar-refractivity contribution in [3.8, 4) is 0 Å². The van der Waals surface area contributed by atoms with Crippen LogP contribution in [0.2, 0.25) is 0 Å². The molecule has 0 aliphatic carbocycles. The monoisotopic (exact) mass is 573 g/mol. The van der Waals surface area contributed by atoms with Crippen LogP contribution in [0.15, 0.2) is 48.8 Å². The minimum Gasteiger partial charge on any atom is -0.371 e. The number of piperazine rings is 1. The van der Waals surface area contributed by atoms with Crippen molar-refractivity contribution < 1.29 is 9.59 Å². The molecule has 1 aromatic carbocycles. The van der Waals surface area contributed by atoms with Crippen molar-refractivity contribution in [2.24, 2.45) is 5.73 Å². The number of hydrogen-bond acceptors (Lipinski definition) is 9. The lowest BCUT2D eigenvalue weighted by atomic mass is 10.0. The van der Waals surface area contributed by atoms with Crippen LogP contribution in [0.3, 0.4) is 0 Å². The first-order valence-electron chi connectivity index (χ1n) is 15.0. The topological polar surface area (TPSA) is 123 Å². The molecule has 0 spiro atoms. The summed E-state index contributed by atoms with van der Waals surface area (Å²) < 4.78 is 0. The molecule has 42 heavy (non-hydrogen) atoms. The minimum absolute atomic E-state index is 0.107. The molecule has 5 rings (SSSR count). The summed E-state index contributed by atoms with van der Waals surface area (Å²) in [4.78, 5) is 43.2. The number of benzene rings is 1. The highest BCUT2D eigenvalue weighted by Crippen LogP contribution is 2.32. The summed E-state index contributed by atoms with van der Waals surface area (Å²) in [5.41, 5.74) is 9.43.